The molecule has 1 N–H and O–H groups in total. The quantitative estimate of drug-likeness (QED) is 0.663. The number of alkyl halides is 3. The summed E-state index contributed by atoms with van der Waals surface area (Å²) >= 11 is 6.65. The van der Waals surface area contributed by atoms with Crippen LogP contribution in [0, 0.1) is 11.3 Å². The SMILES string of the molecule is N#Cc1cc(C(F)(F)F)ccc1Nc1ccc(Br)cc1Br. The minimum absolute atomic E-state index is 0.0698. The molecule has 2 rings (SSSR count). The van der Waals surface area contributed by atoms with Crippen molar-refractivity contribution in [1.29, 1.82) is 5.26 Å². The van der Waals surface area contributed by atoms with Gasteiger partial charge in [0.2, 0.25) is 0 Å². The van der Waals surface area contributed by atoms with E-state index in [2.05, 4.69) is 37.2 Å². The normalized spacial score (nSPS) is 11.0. The highest BCUT2D eigenvalue weighted by Gasteiger charge is 2.31. The molecule has 0 aliphatic rings. The first kappa shape index (κ1) is 15.9. The van der Waals surface area contributed by atoms with Gasteiger partial charge in [0.15, 0.2) is 0 Å². The number of nitrogens with zero attached hydrogens (tertiary/aromatic N) is 1. The molecule has 0 aromatic heterocycles. The van der Waals surface area contributed by atoms with Crippen molar-refractivity contribution in [2.75, 3.05) is 5.32 Å². The van der Waals surface area contributed by atoms with Gasteiger partial charge in [-0.1, -0.05) is 15.9 Å². The fourth-order valence-electron chi connectivity index (χ4n) is 1.66. The van der Waals surface area contributed by atoms with E-state index >= 15 is 0 Å². The van der Waals surface area contributed by atoms with E-state index < -0.39 is 11.7 Å². The van der Waals surface area contributed by atoms with Crippen LogP contribution in [0.25, 0.3) is 0 Å². The largest absolute Gasteiger partial charge is 0.416 e. The molecule has 0 aliphatic heterocycles. The lowest BCUT2D eigenvalue weighted by molar-refractivity contribution is -0.137. The molecule has 0 heterocycles. The van der Waals surface area contributed by atoms with Gasteiger partial charge in [-0.2, -0.15) is 18.4 Å². The molecular formula is C14H7Br2F3N2. The molecular weight excluding hydrogens is 413 g/mol. The minimum atomic E-state index is -4.47. The Balaban J connectivity index is 2.39. The zero-order valence-corrected chi connectivity index (χ0v) is 13.5. The highest BCUT2D eigenvalue weighted by molar-refractivity contribution is 9.11. The van der Waals surface area contributed by atoms with Gasteiger partial charge in [0, 0.05) is 8.95 Å². The summed E-state index contributed by atoms with van der Waals surface area (Å²) in [4.78, 5) is 0. The van der Waals surface area contributed by atoms with E-state index in [1.807, 2.05) is 0 Å². The van der Waals surface area contributed by atoms with E-state index in [1.54, 1.807) is 24.3 Å². The number of nitrogens with one attached hydrogen (secondary N) is 1. The molecule has 2 nitrogen and oxygen atoms in total. The van der Waals surface area contributed by atoms with Crippen molar-refractivity contribution in [3.8, 4) is 6.07 Å². The third-order valence-corrected chi connectivity index (χ3v) is 3.82. The Bertz CT molecular complexity index is 721. The molecule has 0 saturated carbocycles. The van der Waals surface area contributed by atoms with Gasteiger partial charge in [0.25, 0.3) is 0 Å². The van der Waals surface area contributed by atoms with Crippen molar-refractivity contribution in [2.24, 2.45) is 0 Å². The summed E-state index contributed by atoms with van der Waals surface area (Å²) < 4.78 is 39.5. The van der Waals surface area contributed by atoms with Crippen LogP contribution in [0.5, 0.6) is 0 Å². The van der Waals surface area contributed by atoms with Gasteiger partial charge in [0.1, 0.15) is 6.07 Å². The van der Waals surface area contributed by atoms with Gasteiger partial charge in [-0.3, -0.25) is 0 Å². The van der Waals surface area contributed by atoms with Crippen LogP contribution in [0.3, 0.4) is 0 Å². The molecule has 7 heteroatoms. The van der Waals surface area contributed by atoms with Crippen molar-refractivity contribution in [2.45, 2.75) is 6.18 Å². The summed E-state index contributed by atoms with van der Waals surface area (Å²) in [5.74, 6) is 0. The summed E-state index contributed by atoms with van der Waals surface area (Å²) in [5.41, 5.74) is 0.0436. The van der Waals surface area contributed by atoms with Crippen molar-refractivity contribution in [3.63, 3.8) is 0 Å². The third-order valence-electron chi connectivity index (χ3n) is 2.67. The first-order valence-corrected chi connectivity index (χ1v) is 7.23. The molecule has 108 valence electrons. The second-order valence-electron chi connectivity index (χ2n) is 4.12. The van der Waals surface area contributed by atoms with Crippen LogP contribution in [0.15, 0.2) is 45.3 Å². The number of anilines is 2. The van der Waals surface area contributed by atoms with Crippen LogP contribution in [-0.2, 0) is 6.18 Å². The van der Waals surface area contributed by atoms with E-state index in [0.717, 1.165) is 21.1 Å². The number of hydrogen-bond donors (Lipinski definition) is 1. The predicted molar refractivity (Wildman–Crippen MR) is 81.3 cm³/mol. The highest BCUT2D eigenvalue weighted by Crippen LogP contribution is 2.34. The number of halogens is 5. The number of hydrogen-bond acceptors (Lipinski definition) is 2. The smallest absolute Gasteiger partial charge is 0.354 e. The molecule has 2 aromatic carbocycles. The van der Waals surface area contributed by atoms with Crippen LogP contribution in [0.4, 0.5) is 24.5 Å². The summed E-state index contributed by atoms with van der Waals surface area (Å²) in [6.07, 6.45) is -4.47. The molecule has 2 aromatic rings. The van der Waals surface area contributed by atoms with E-state index in [0.29, 0.717) is 11.4 Å². The fraction of sp³-hybridized carbons (Fsp3) is 0.0714. The molecule has 0 atom stereocenters. The van der Waals surface area contributed by atoms with Gasteiger partial charge < -0.3 is 5.32 Å². The fourth-order valence-corrected chi connectivity index (χ4v) is 2.80. The summed E-state index contributed by atoms with van der Waals surface area (Å²) in [7, 11) is 0. The van der Waals surface area contributed by atoms with Crippen LogP contribution in [-0.4, -0.2) is 0 Å². The molecule has 0 radical (unpaired) electrons. The Kier molecular flexibility index (Phi) is 4.59. The van der Waals surface area contributed by atoms with Gasteiger partial charge in [-0.25, -0.2) is 0 Å². The number of nitriles is 1. The Hall–Kier alpha value is -1.52. The van der Waals surface area contributed by atoms with Gasteiger partial charge >= 0.3 is 6.18 Å². The van der Waals surface area contributed by atoms with Crippen molar-refractivity contribution in [1.82, 2.24) is 0 Å². The average molecular weight is 420 g/mol. The maximum atomic E-state index is 12.6. The second-order valence-corrected chi connectivity index (χ2v) is 5.89. The van der Waals surface area contributed by atoms with E-state index in [4.69, 9.17) is 5.26 Å². The first-order chi connectivity index (χ1) is 9.81. The maximum Gasteiger partial charge on any atom is 0.416 e. The zero-order chi connectivity index (χ0) is 15.6. The van der Waals surface area contributed by atoms with Crippen molar-refractivity contribution < 1.29 is 13.2 Å². The molecule has 0 bridgehead atoms. The first-order valence-electron chi connectivity index (χ1n) is 5.64. The van der Waals surface area contributed by atoms with Crippen molar-refractivity contribution >= 4 is 43.2 Å². The summed E-state index contributed by atoms with van der Waals surface area (Å²) in [6, 6.07) is 10.1. The minimum Gasteiger partial charge on any atom is -0.354 e. The molecule has 0 unspecified atom stereocenters. The average Bonchev–Trinajstić information content (AvgIpc) is 2.41. The van der Waals surface area contributed by atoms with E-state index in [-0.39, 0.29) is 5.56 Å². The topological polar surface area (TPSA) is 35.8 Å². The Morgan fingerprint density at radius 2 is 1.67 bits per heavy atom. The zero-order valence-electron chi connectivity index (χ0n) is 10.3. The van der Waals surface area contributed by atoms with Gasteiger partial charge in [0.05, 0.1) is 22.5 Å². The van der Waals surface area contributed by atoms with Crippen LogP contribution in [0.2, 0.25) is 0 Å². The highest BCUT2D eigenvalue weighted by atomic mass is 79.9. The molecule has 21 heavy (non-hydrogen) atoms. The molecule has 0 spiro atoms. The van der Waals surface area contributed by atoms with Crippen molar-refractivity contribution in [3.05, 3.63) is 56.5 Å². The molecule has 0 fully saturated rings. The van der Waals surface area contributed by atoms with E-state index in [1.165, 1.54) is 6.07 Å². The van der Waals surface area contributed by atoms with Gasteiger partial charge in [-0.15, -0.1) is 0 Å². The number of rotatable bonds is 2. The summed E-state index contributed by atoms with van der Waals surface area (Å²) in [6.45, 7) is 0. The Morgan fingerprint density at radius 1 is 1.00 bits per heavy atom. The van der Waals surface area contributed by atoms with Crippen LogP contribution in [0.1, 0.15) is 11.1 Å². The predicted octanol–water partition coefficient (Wildman–Crippen LogP) is 5.85. The summed E-state index contributed by atoms with van der Waals surface area (Å²) in [5, 5.41) is 12.0. The Labute approximate surface area is 135 Å². The van der Waals surface area contributed by atoms with Crippen LogP contribution < -0.4 is 5.32 Å². The molecule has 0 amide bonds. The Morgan fingerprint density at radius 3 is 2.24 bits per heavy atom. The monoisotopic (exact) mass is 418 g/mol. The molecule has 0 saturated heterocycles. The number of benzene rings is 2. The maximum absolute atomic E-state index is 12.6. The lowest BCUT2D eigenvalue weighted by Gasteiger charge is -2.13. The van der Waals surface area contributed by atoms with E-state index in [9.17, 15) is 13.2 Å². The lowest BCUT2D eigenvalue weighted by atomic mass is 10.1. The van der Waals surface area contributed by atoms with Gasteiger partial charge in [-0.05, 0) is 52.3 Å². The third kappa shape index (κ3) is 3.77. The lowest BCUT2D eigenvalue weighted by Crippen LogP contribution is -2.06. The van der Waals surface area contributed by atoms with Crippen LogP contribution >= 0.6 is 31.9 Å². The second kappa shape index (κ2) is 6.08. The molecule has 0 aliphatic carbocycles. The standard InChI is InChI=1S/C14H7Br2F3N2/c15-10-2-4-13(11(16)6-10)21-12-3-1-9(14(17,18)19)5-8(12)7-20/h1-6,21H.